The van der Waals surface area contributed by atoms with E-state index in [9.17, 15) is 0 Å². The Balaban J connectivity index is 2.49. The molecule has 0 saturated carbocycles. The van der Waals surface area contributed by atoms with Gasteiger partial charge in [0.05, 0.1) is 0 Å². The van der Waals surface area contributed by atoms with E-state index in [-0.39, 0.29) is 0 Å². The van der Waals surface area contributed by atoms with E-state index in [2.05, 4.69) is 44.9 Å². The molecule has 2 heteroatoms. The normalized spacial score (nSPS) is 28.2. The van der Waals surface area contributed by atoms with Crippen molar-refractivity contribution in [3.05, 3.63) is 0 Å². The van der Waals surface area contributed by atoms with Crippen molar-refractivity contribution in [2.75, 3.05) is 12.8 Å². The lowest BCUT2D eigenvalue weighted by molar-refractivity contribution is 0.314. The minimum Gasteiger partial charge on any atom is -0.316 e. The molecule has 1 N–H and O–H groups in total. The number of hydrogen-bond donors (Lipinski definition) is 1. The molecule has 0 radical (unpaired) electrons. The molecular formula is C15H31NS. The maximum Gasteiger partial charge on any atom is 0.0285 e. The highest BCUT2D eigenvalue weighted by atomic mass is 32.2. The van der Waals surface area contributed by atoms with Crippen LogP contribution in [0.2, 0.25) is 0 Å². The number of nitrogens with one attached hydrogen (secondary N) is 1. The lowest BCUT2D eigenvalue weighted by Crippen LogP contribution is -2.44. The summed E-state index contributed by atoms with van der Waals surface area (Å²) in [6.07, 6.45) is 9.69. The van der Waals surface area contributed by atoms with Crippen LogP contribution < -0.4 is 5.32 Å². The van der Waals surface area contributed by atoms with Gasteiger partial charge in [-0.25, -0.2) is 0 Å². The zero-order valence-corrected chi connectivity index (χ0v) is 13.0. The van der Waals surface area contributed by atoms with Crippen LogP contribution in [0.5, 0.6) is 0 Å². The van der Waals surface area contributed by atoms with E-state index in [0.717, 1.165) is 5.92 Å². The number of hydrogen-bond acceptors (Lipinski definition) is 2. The van der Waals surface area contributed by atoms with Gasteiger partial charge in [0.15, 0.2) is 0 Å². The van der Waals surface area contributed by atoms with Crippen LogP contribution in [0.4, 0.5) is 0 Å². The van der Waals surface area contributed by atoms with E-state index in [0.29, 0.717) is 10.8 Å². The fraction of sp³-hybridized carbons (Fsp3) is 1.00. The molecule has 3 atom stereocenters. The molecule has 0 bridgehead atoms. The first-order valence-electron chi connectivity index (χ1n) is 7.47. The molecule has 1 rings (SSSR count). The van der Waals surface area contributed by atoms with Gasteiger partial charge >= 0.3 is 0 Å². The lowest BCUT2D eigenvalue weighted by Gasteiger charge is -2.35. The Labute approximate surface area is 113 Å². The summed E-state index contributed by atoms with van der Waals surface area (Å²) in [6.45, 7) is 7.13. The van der Waals surface area contributed by atoms with Crippen LogP contribution in [0.15, 0.2) is 0 Å². The first-order chi connectivity index (χ1) is 8.16. The molecule has 17 heavy (non-hydrogen) atoms. The smallest absolute Gasteiger partial charge is 0.0285 e. The Morgan fingerprint density at radius 3 is 2.59 bits per heavy atom. The fourth-order valence-electron chi connectivity index (χ4n) is 3.06. The standard InChI is InChI=1S/C15H31NS/c1-5-7-9-13(6-2)12-14(16-4)15(3)10-8-11-17-15/h13-14,16H,5-12H2,1-4H3. The predicted molar refractivity (Wildman–Crippen MR) is 80.9 cm³/mol. The van der Waals surface area contributed by atoms with E-state index >= 15 is 0 Å². The topological polar surface area (TPSA) is 12.0 Å². The minimum atomic E-state index is 0.494. The lowest BCUT2D eigenvalue weighted by atomic mass is 9.85. The average molecular weight is 257 g/mol. The van der Waals surface area contributed by atoms with Crippen LogP contribution in [0, 0.1) is 5.92 Å². The van der Waals surface area contributed by atoms with Gasteiger partial charge in [0.25, 0.3) is 0 Å². The SMILES string of the molecule is CCCCC(CC)CC(NC)C1(C)CCCS1. The van der Waals surface area contributed by atoms with Gasteiger partial charge in [-0.1, -0.05) is 39.5 Å². The van der Waals surface area contributed by atoms with E-state index in [1.165, 1.54) is 50.7 Å². The summed E-state index contributed by atoms with van der Waals surface area (Å²) in [4.78, 5) is 0. The zero-order chi connectivity index (χ0) is 12.7. The summed E-state index contributed by atoms with van der Waals surface area (Å²) < 4.78 is 0.494. The number of thioether (sulfide) groups is 1. The van der Waals surface area contributed by atoms with Crippen LogP contribution in [0.25, 0.3) is 0 Å². The second-order valence-electron chi connectivity index (χ2n) is 5.76. The van der Waals surface area contributed by atoms with E-state index < -0.39 is 0 Å². The molecule has 0 aromatic rings. The van der Waals surface area contributed by atoms with Crippen molar-refractivity contribution in [1.29, 1.82) is 0 Å². The first kappa shape index (κ1) is 15.4. The highest BCUT2D eigenvalue weighted by Crippen LogP contribution is 2.42. The van der Waals surface area contributed by atoms with Crippen LogP contribution in [0.1, 0.15) is 65.7 Å². The highest BCUT2D eigenvalue weighted by molar-refractivity contribution is 8.00. The van der Waals surface area contributed by atoms with Gasteiger partial charge in [0.2, 0.25) is 0 Å². The quantitative estimate of drug-likeness (QED) is 0.688. The molecule has 0 amide bonds. The summed E-state index contributed by atoms with van der Waals surface area (Å²) in [5.74, 6) is 2.28. The molecule has 1 aliphatic rings. The molecule has 1 saturated heterocycles. The monoisotopic (exact) mass is 257 g/mol. The summed E-state index contributed by atoms with van der Waals surface area (Å²) in [7, 11) is 2.15. The Kier molecular flexibility index (Phi) is 6.94. The third-order valence-corrected chi connectivity index (χ3v) is 6.09. The average Bonchev–Trinajstić information content (AvgIpc) is 2.77. The number of unbranched alkanes of at least 4 members (excludes halogenated alkanes) is 1. The summed E-state index contributed by atoms with van der Waals surface area (Å²) >= 11 is 2.19. The van der Waals surface area contributed by atoms with Gasteiger partial charge < -0.3 is 5.32 Å². The van der Waals surface area contributed by atoms with Crippen molar-refractivity contribution in [1.82, 2.24) is 5.32 Å². The molecule has 3 unspecified atom stereocenters. The molecule has 0 aliphatic carbocycles. The maximum atomic E-state index is 3.60. The molecule has 1 heterocycles. The first-order valence-corrected chi connectivity index (χ1v) is 8.46. The minimum absolute atomic E-state index is 0.494. The molecule has 0 aromatic heterocycles. The van der Waals surface area contributed by atoms with Crippen molar-refractivity contribution in [3.63, 3.8) is 0 Å². The molecule has 1 fully saturated rings. The van der Waals surface area contributed by atoms with Crippen molar-refractivity contribution in [2.45, 2.75) is 76.5 Å². The Bertz CT molecular complexity index is 199. The summed E-state index contributed by atoms with van der Waals surface area (Å²) in [5, 5.41) is 3.60. The van der Waals surface area contributed by atoms with E-state index in [4.69, 9.17) is 0 Å². The third-order valence-electron chi connectivity index (χ3n) is 4.45. The van der Waals surface area contributed by atoms with Crippen molar-refractivity contribution < 1.29 is 0 Å². The van der Waals surface area contributed by atoms with Crippen molar-refractivity contribution in [2.24, 2.45) is 5.92 Å². The van der Waals surface area contributed by atoms with Gasteiger partial charge in [-0.05, 0) is 44.9 Å². The van der Waals surface area contributed by atoms with Gasteiger partial charge in [-0.15, -0.1) is 0 Å². The molecule has 1 aliphatic heterocycles. The summed E-state index contributed by atoms with van der Waals surface area (Å²) in [6, 6.07) is 0.705. The Hall–Kier alpha value is 0.310. The van der Waals surface area contributed by atoms with E-state index in [1.54, 1.807) is 0 Å². The molecular weight excluding hydrogens is 226 g/mol. The third kappa shape index (κ3) is 4.48. The maximum absolute atomic E-state index is 3.60. The molecule has 1 nitrogen and oxygen atoms in total. The van der Waals surface area contributed by atoms with E-state index in [1.807, 2.05) is 0 Å². The highest BCUT2D eigenvalue weighted by Gasteiger charge is 2.37. The molecule has 0 spiro atoms. The van der Waals surface area contributed by atoms with Crippen LogP contribution >= 0.6 is 11.8 Å². The molecule has 0 aromatic carbocycles. The van der Waals surface area contributed by atoms with Gasteiger partial charge in [-0.3, -0.25) is 0 Å². The zero-order valence-electron chi connectivity index (χ0n) is 12.2. The van der Waals surface area contributed by atoms with Crippen LogP contribution in [-0.2, 0) is 0 Å². The predicted octanol–water partition coefficient (Wildman–Crippen LogP) is 4.47. The second kappa shape index (κ2) is 7.68. The van der Waals surface area contributed by atoms with Gasteiger partial charge in [-0.2, -0.15) is 11.8 Å². The van der Waals surface area contributed by atoms with Crippen LogP contribution in [0.3, 0.4) is 0 Å². The van der Waals surface area contributed by atoms with Gasteiger partial charge in [0, 0.05) is 10.8 Å². The van der Waals surface area contributed by atoms with Crippen LogP contribution in [-0.4, -0.2) is 23.6 Å². The number of rotatable bonds is 8. The Morgan fingerprint density at radius 2 is 2.12 bits per heavy atom. The van der Waals surface area contributed by atoms with Crippen molar-refractivity contribution in [3.8, 4) is 0 Å². The summed E-state index contributed by atoms with van der Waals surface area (Å²) in [5.41, 5.74) is 0. The second-order valence-corrected chi connectivity index (χ2v) is 7.39. The van der Waals surface area contributed by atoms with Gasteiger partial charge in [0.1, 0.15) is 0 Å². The fourth-order valence-corrected chi connectivity index (χ4v) is 4.52. The Morgan fingerprint density at radius 1 is 1.35 bits per heavy atom. The largest absolute Gasteiger partial charge is 0.316 e. The van der Waals surface area contributed by atoms with Crippen molar-refractivity contribution >= 4 is 11.8 Å². The molecule has 102 valence electrons.